The maximum atomic E-state index is 7.44. The third kappa shape index (κ3) is 3.63. The lowest BCUT2D eigenvalue weighted by Gasteiger charge is -2.08. The average molecular weight is 232 g/mol. The van der Waals surface area contributed by atoms with Gasteiger partial charge in [-0.3, -0.25) is 0 Å². The SMILES string of the molecule is CCCN/C=C(\C=N)c1ccc(OC)c(C)c1. The number of nitrogens with one attached hydrogen (secondary N) is 2. The van der Waals surface area contributed by atoms with Gasteiger partial charge in [-0.15, -0.1) is 0 Å². The van der Waals surface area contributed by atoms with E-state index in [0.717, 1.165) is 35.4 Å². The number of hydrogen-bond donors (Lipinski definition) is 2. The van der Waals surface area contributed by atoms with Crippen LogP contribution in [-0.2, 0) is 0 Å². The molecule has 0 fully saturated rings. The topological polar surface area (TPSA) is 45.1 Å². The van der Waals surface area contributed by atoms with E-state index in [1.807, 2.05) is 31.3 Å². The van der Waals surface area contributed by atoms with Crippen LogP contribution in [-0.4, -0.2) is 19.9 Å². The van der Waals surface area contributed by atoms with Gasteiger partial charge in [-0.2, -0.15) is 0 Å². The van der Waals surface area contributed by atoms with Crippen LogP contribution in [0.1, 0.15) is 24.5 Å². The van der Waals surface area contributed by atoms with Crippen molar-refractivity contribution in [3.05, 3.63) is 35.5 Å². The second-order valence-corrected chi connectivity index (χ2v) is 3.88. The molecule has 1 aromatic carbocycles. The van der Waals surface area contributed by atoms with Gasteiger partial charge in [0, 0.05) is 24.5 Å². The van der Waals surface area contributed by atoms with Crippen molar-refractivity contribution in [1.82, 2.24) is 5.32 Å². The van der Waals surface area contributed by atoms with Crippen molar-refractivity contribution >= 4 is 11.8 Å². The Morgan fingerprint density at radius 2 is 2.24 bits per heavy atom. The summed E-state index contributed by atoms with van der Waals surface area (Å²) < 4.78 is 5.22. The highest BCUT2D eigenvalue weighted by atomic mass is 16.5. The molecule has 0 aromatic heterocycles. The maximum absolute atomic E-state index is 7.44. The van der Waals surface area contributed by atoms with Gasteiger partial charge in [-0.25, -0.2) is 0 Å². The van der Waals surface area contributed by atoms with Crippen molar-refractivity contribution in [2.75, 3.05) is 13.7 Å². The molecule has 3 heteroatoms. The molecule has 1 aromatic rings. The number of benzene rings is 1. The third-order valence-electron chi connectivity index (χ3n) is 2.54. The quantitative estimate of drug-likeness (QED) is 0.585. The summed E-state index contributed by atoms with van der Waals surface area (Å²) in [6, 6.07) is 5.93. The van der Waals surface area contributed by atoms with E-state index in [2.05, 4.69) is 12.2 Å². The Kier molecular flexibility index (Phi) is 5.27. The zero-order valence-electron chi connectivity index (χ0n) is 10.7. The fraction of sp³-hybridized carbons (Fsp3) is 0.357. The standard InChI is InChI=1S/C14H20N2O/c1-4-7-16-10-13(9-15)12-5-6-14(17-3)11(2)8-12/h5-6,8-10,15-16H,4,7H2,1-3H3/b13-10+,15-9?. The molecule has 17 heavy (non-hydrogen) atoms. The molecule has 0 unspecified atom stereocenters. The molecule has 3 nitrogen and oxygen atoms in total. The first kappa shape index (κ1) is 13.3. The lowest BCUT2D eigenvalue weighted by Crippen LogP contribution is -2.07. The Morgan fingerprint density at radius 1 is 1.47 bits per heavy atom. The van der Waals surface area contributed by atoms with E-state index >= 15 is 0 Å². The van der Waals surface area contributed by atoms with Crippen LogP contribution in [0.4, 0.5) is 0 Å². The van der Waals surface area contributed by atoms with Crippen LogP contribution >= 0.6 is 0 Å². The molecule has 0 aliphatic rings. The van der Waals surface area contributed by atoms with Crippen molar-refractivity contribution in [3.8, 4) is 5.75 Å². The molecule has 0 spiro atoms. The van der Waals surface area contributed by atoms with Gasteiger partial charge in [0.15, 0.2) is 0 Å². The minimum atomic E-state index is 0.875. The second-order valence-electron chi connectivity index (χ2n) is 3.88. The van der Waals surface area contributed by atoms with Crippen LogP contribution in [0.5, 0.6) is 5.75 Å². The van der Waals surface area contributed by atoms with E-state index in [1.165, 1.54) is 6.21 Å². The highest BCUT2D eigenvalue weighted by Gasteiger charge is 2.02. The fourth-order valence-electron chi connectivity index (χ4n) is 1.59. The zero-order chi connectivity index (χ0) is 12.7. The summed E-state index contributed by atoms with van der Waals surface area (Å²) >= 11 is 0. The molecule has 0 heterocycles. The number of aryl methyl sites for hydroxylation is 1. The van der Waals surface area contributed by atoms with Gasteiger partial charge >= 0.3 is 0 Å². The lowest BCUT2D eigenvalue weighted by molar-refractivity contribution is 0.411. The van der Waals surface area contributed by atoms with Gasteiger partial charge in [-0.05, 0) is 36.6 Å². The van der Waals surface area contributed by atoms with Crippen molar-refractivity contribution in [1.29, 1.82) is 5.41 Å². The number of methoxy groups -OCH3 is 1. The molecular formula is C14H20N2O. The highest BCUT2D eigenvalue weighted by molar-refractivity contribution is 6.08. The van der Waals surface area contributed by atoms with Crippen LogP contribution < -0.4 is 10.1 Å². The minimum absolute atomic E-state index is 0.875. The van der Waals surface area contributed by atoms with E-state index in [1.54, 1.807) is 7.11 Å². The molecule has 0 atom stereocenters. The second kappa shape index (κ2) is 6.74. The Bertz CT molecular complexity index is 411. The molecule has 0 aliphatic carbocycles. The van der Waals surface area contributed by atoms with Crippen LogP contribution in [0.25, 0.3) is 5.57 Å². The van der Waals surface area contributed by atoms with Gasteiger partial charge in [0.05, 0.1) is 7.11 Å². The van der Waals surface area contributed by atoms with Gasteiger partial charge in [0.25, 0.3) is 0 Å². The molecule has 1 rings (SSSR count). The zero-order valence-corrected chi connectivity index (χ0v) is 10.7. The highest BCUT2D eigenvalue weighted by Crippen LogP contribution is 2.22. The van der Waals surface area contributed by atoms with Gasteiger partial charge in [0.2, 0.25) is 0 Å². The van der Waals surface area contributed by atoms with E-state index < -0.39 is 0 Å². The summed E-state index contributed by atoms with van der Waals surface area (Å²) in [6.45, 7) is 5.04. The summed E-state index contributed by atoms with van der Waals surface area (Å²) in [4.78, 5) is 0. The fourth-order valence-corrected chi connectivity index (χ4v) is 1.59. The summed E-state index contributed by atoms with van der Waals surface area (Å²) in [5.41, 5.74) is 2.99. The summed E-state index contributed by atoms with van der Waals surface area (Å²) in [7, 11) is 1.66. The van der Waals surface area contributed by atoms with Crippen LogP contribution in [0.15, 0.2) is 24.4 Å². The third-order valence-corrected chi connectivity index (χ3v) is 2.54. The van der Waals surface area contributed by atoms with Crippen molar-refractivity contribution in [3.63, 3.8) is 0 Å². The van der Waals surface area contributed by atoms with Gasteiger partial charge in [-0.1, -0.05) is 13.0 Å². The predicted molar refractivity (Wildman–Crippen MR) is 72.8 cm³/mol. The Hall–Kier alpha value is -1.77. The number of allylic oxidation sites excluding steroid dienone is 1. The first-order chi connectivity index (χ1) is 8.22. The Labute approximate surface area is 103 Å². The molecular weight excluding hydrogens is 212 g/mol. The summed E-state index contributed by atoms with van der Waals surface area (Å²) in [6.07, 6.45) is 4.32. The molecule has 2 N–H and O–H groups in total. The van der Waals surface area contributed by atoms with Crippen molar-refractivity contribution in [2.45, 2.75) is 20.3 Å². The number of ether oxygens (including phenoxy) is 1. The lowest BCUT2D eigenvalue weighted by atomic mass is 10.0. The largest absolute Gasteiger partial charge is 0.496 e. The van der Waals surface area contributed by atoms with Gasteiger partial charge in [0.1, 0.15) is 5.75 Å². The predicted octanol–water partition coefficient (Wildman–Crippen LogP) is 2.99. The minimum Gasteiger partial charge on any atom is -0.496 e. The molecule has 92 valence electrons. The van der Waals surface area contributed by atoms with E-state index in [0.29, 0.717) is 0 Å². The molecule has 0 bridgehead atoms. The van der Waals surface area contributed by atoms with Gasteiger partial charge < -0.3 is 15.5 Å². The van der Waals surface area contributed by atoms with Crippen LogP contribution in [0.3, 0.4) is 0 Å². The van der Waals surface area contributed by atoms with Crippen LogP contribution in [0.2, 0.25) is 0 Å². The first-order valence-corrected chi connectivity index (χ1v) is 5.82. The van der Waals surface area contributed by atoms with Crippen LogP contribution in [0, 0.1) is 12.3 Å². The molecule has 0 saturated heterocycles. The van der Waals surface area contributed by atoms with E-state index in [4.69, 9.17) is 10.1 Å². The summed E-state index contributed by atoms with van der Waals surface area (Å²) in [5.74, 6) is 0.875. The van der Waals surface area contributed by atoms with E-state index in [-0.39, 0.29) is 0 Å². The number of rotatable bonds is 6. The number of hydrogen-bond acceptors (Lipinski definition) is 3. The first-order valence-electron chi connectivity index (χ1n) is 5.82. The smallest absolute Gasteiger partial charge is 0.121 e. The summed E-state index contributed by atoms with van der Waals surface area (Å²) in [5, 5.41) is 10.6. The average Bonchev–Trinajstić information content (AvgIpc) is 2.35. The van der Waals surface area contributed by atoms with Crippen molar-refractivity contribution in [2.24, 2.45) is 0 Å². The normalized spacial score (nSPS) is 11.1. The Balaban J connectivity index is 2.92. The maximum Gasteiger partial charge on any atom is 0.121 e. The molecule has 0 amide bonds. The molecule has 0 radical (unpaired) electrons. The van der Waals surface area contributed by atoms with Crippen molar-refractivity contribution < 1.29 is 4.74 Å². The van der Waals surface area contributed by atoms with E-state index in [9.17, 15) is 0 Å². The monoisotopic (exact) mass is 232 g/mol. The molecule has 0 saturated carbocycles. The molecule has 0 aliphatic heterocycles. The Morgan fingerprint density at radius 3 is 2.76 bits per heavy atom.